The first-order chi connectivity index (χ1) is 17.0. The molecule has 3 saturated carbocycles. The fraction of sp³-hybridized carbons (Fsp3) is 0.719. The second-order valence-corrected chi connectivity index (χ2v) is 14.7. The third-order valence-corrected chi connectivity index (χ3v) is 12.4. The van der Waals surface area contributed by atoms with E-state index in [0.29, 0.717) is 5.92 Å². The van der Waals surface area contributed by atoms with E-state index in [1.54, 1.807) is 17.9 Å². The predicted molar refractivity (Wildman–Crippen MR) is 144 cm³/mol. The van der Waals surface area contributed by atoms with E-state index in [-0.39, 0.29) is 39.6 Å². The number of nitrogens with zero attached hydrogens (tertiary/aromatic N) is 1. The first kappa shape index (κ1) is 26.6. The van der Waals surface area contributed by atoms with Gasteiger partial charge in [0.2, 0.25) is 17.5 Å². The van der Waals surface area contributed by atoms with Crippen molar-refractivity contribution in [2.75, 3.05) is 20.7 Å². The van der Waals surface area contributed by atoms with Gasteiger partial charge in [0.1, 0.15) is 0 Å². The van der Waals surface area contributed by atoms with E-state index in [1.807, 2.05) is 20.2 Å². The van der Waals surface area contributed by atoms with Gasteiger partial charge in [0, 0.05) is 24.9 Å². The lowest BCUT2D eigenvalue weighted by Gasteiger charge is -2.70. The summed E-state index contributed by atoms with van der Waals surface area (Å²) >= 11 is 0. The smallest absolute Gasteiger partial charge is 0.227 e. The van der Waals surface area contributed by atoms with Crippen LogP contribution in [0.25, 0.3) is 0 Å². The molecule has 0 saturated heterocycles. The molecule has 0 heterocycles. The van der Waals surface area contributed by atoms with Gasteiger partial charge < -0.3 is 10.0 Å². The molecule has 0 aliphatic heterocycles. The Bertz CT molecular complexity index is 1190. The Labute approximate surface area is 222 Å². The van der Waals surface area contributed by atoms with Crippen LogP contribution in [0.1, 0.15) is 86.5 Å². The molecule has 1 N–H and O–H groups in total. The van der Waals surface area contributed by atoms with E-state index in [1.165, 1.54) is 5.57 Å². The highest BCUT2D eigenvalue weighted by molar-refractivity contribution is 6.45. The summed E-state index contributed by atoms with van der Waals surface area (Å²) in [7, 11) is 3.75. The summed E-state index contributed by atoms with van der Waals surface area (Å²) < 4.78 is 0. The average Bonchev–Trinajstić information content (AvgIpc) is 2.85. The zero-order valence-electron chi connectivity index (χ0n) is 24.1. The summed E-state index contributed by atoms with van der Waals surface area (Å²) in [4.78, 5) is 40.8. The molecule has 3 fully saturated rings. The molecule has 5 rings (SSSR count). The van der Waals surface area contributed by atoms with E-state index in [9.17, 15) is 19.5 Å². The fourth-order valence-electron chi connectivity index (χ4n) is 9.58. The molecule has 202 valence electrons. The maximum atomic E-state index is 13.3. The lowest BCUT2D eigenvalue weighted by atomic mass is 9.34. The number of allylic oxidation sites excluding steroid dienone is 5. The summed E-state index contributed by atoms with van der Waals surface area (Å²) in [6.07, 6.45) is 12.9. The predicted octanol–water partition coefficient (Wildman–Crippen LogP) is 5.44. The van der Waals surface area contributed by atoms with Crippen LogP contribution in [0.5, 0.6) is 0 Å². The molecule has 0 bridgehead atoms. The molecular weight excluding hydrogens is 462 g/mol. The van der Waals surface area contributed by atoms with Crippen molar-refractivity contribution in [2.24, 2.45) is 38.4 Å². The third kappa shape index (κ3) is 3.16. The molecule has 0 radical (unpaired) electrons. The number of aliphatic hydroxyl groups is 1. The molecule has 0 aromatic carbocycles. The standard InChI is InChI=1S/C32H45NO4/c1-27-11-12-28(2,26(37)33(7)8)18-24(27)32(6)16-14-29(3)21-17-22(35)25(36)30(4,19-34)20(21)9-10-23(29)31(32,5)15-13-27/h9-10,17,24,34H,11-16,18-19H2,1-8H3/t24-,27-,28-,29+,30+,31-,32+/m1/s1. The Morgan fingerprint density at radius 1 is 0.919 bits per heavy atom. The minimum atomic E-state index is -1.18. The zero-order valence-corrected chi connectivity index (χ0v) is 24.1. The van der Waals surface area contributed by atoms with Crippen molar-refractivity contribution in [3.05, 3.63) is 34.9 Å². The molecule has 1 amide bonds. The minimum Gasteiger partial charge on any atom is -0.395 e. The SMILES string of the molecule is CN(C)C(=O)[C@]1(C)CC[C@]2(C)CC[C@]3(C)C4=CC=C5C(=CC(=O)C(=O)[C@@]5(C)CO)[C@]4(C)CC[C@@]3(C)[C@@H]2C1. The van der Waals surface area contributed by atoms with Gasteiger partial charge in [0.05, 0.1) is 12.0 Å². The molecule has 7 atom stereocenters. The van der Waals surface area contributed by atoms with Gasteiger partial charge in [0.25, 0.3) is 0 Å². The van der Waals surface area contributed by atoms with Crippen LogP contribution in [0.15, 0.2) is 34.9 Å². The Hall–Kier alpha value is -2.01. The molecule has 0 aromatic rings. The molecule has 0 aromatic heterocycles. The number of hydrogen-bond acceptors (Lipinski definition) is 4. The Morgan fingerprint density at radius 3 is 2.19 bits per heavy atom. The zero-order chi connectivity index (χ0) is 27.4. The second kappa shape index (κ2) is 7.77. The maximum Gasteiger partial charge on any atom is 0.227 e. The van der Waals surface area contributed by atoms with Crippen molar-refractivity contribution < 1.29 is 19.5 Å². The quantitative estimate of drug-likeness (QED) is 0.505. The van der Waals surface area contributed by atoms with Crippen LogP contribution in [0, 0.1) is 38.4 Å². The van der Waals surface area contributed by atoms with Crippen molar-refractivity contribution in [1.82, 2.24) is 4.90 Å². The largest absolute Gasteiger partial charge is 0.395 e. The molecule has 37 heavy (non-hydrogen) atoms. The molecule has 0 unspecified atom stereocenters. The van der Waals surface area contributed by atoms with Gasteiger partial charge in [-0.15, -0.1) is 0 Å². The van der Waals surface area contributed by atoms with Crippen LogP contribution < -0.4 is 0 Å². The highest BCUT2D eigenvalue weighted by Crippen LogP contribution is 2.75. The van der Waals surface area contributed by atoms with Gasteiger partial charge >= 0.3 is 0 Å². The lowest BCUT2D eigenvalue weighted by Crippen LogP contribution is -2.63. The number of rotatable bonds is 2. The van der Waals surface area contributed by atoms with Gasteiger partial charge in [-0.25, -0.2) is 0 Å². The molecule has 5 heteroatoms. The van der Waals surface area contributed by atoms with Crippen molar-refractivity contribution in [3.63, 3.8) is 0 Å². The number of fused-ring (bicyclic) bond motifs is 7. The van der Waals surface area contributed by atoms with Gasteiger partial charge in [-0.2, -0.15) is 0 Å². The Balaban J connectivity index is 1.63. The van der Waals surface area contributed by atoms with Crippen LogP contribution in [0.3, 0.4) is 0 Å². The van der Waals surface area contributed by atoms with E-state index in [2.05, 4.69) is 40.7 Å². The molecule has 5 aliphatic rings. The Morgan fingerprint density at radius 2 is 1.57 bits per heavy atom. The normalized spacial score (nSPS) is 46.9. The second-order valence-electron chi connectivity index (χ2n) is 14.7. The van der Waals surface area contributed by atoms with Gasteiger partial charge in [-0.1, -0.05) is 52.3 Å². The molecular formula is C32H45NO4. The number of carbonyl (C=O) groups is 3. The maximum absolute atomic E-state index is 13.3. The van der Waals surface area contributed by atoms with E-state index < -0.39 is 17.0 Å². The lowest BCUT2D eigenvalue weighted by molar-refractivity contribution is -0.173. The van der Waals surface area contributed by atoms with E-state index in [0.717, 1.165) is 56.1 Å². The summed E-state index contributed by atoms with van der Waals surface area (Å²) in [6.45, 7) is 13.1. The Kier molecular flexibility index (Phi) is 5.59. The average molecular weight is 508 g/mol. The number of carbonyl (C=O) groups excluding carboxylic acids is 3. The third-order valence-electron chi connectivity index (χ3n) is 12.4. The van der Waals surface area contributed by atoms with Crippen molar-refractivity contribution in [3.8, 4) is 0 Å². The minimum absolute atomic E-state index is 0.0142. The van der Waals surface area contributed by atoms with Crippen molar-refractivity contribution in [2.45, 2.75) is 86.5 Å². The van der Waals surface area contributed by atoms with Crippen LogP contribution in [0.4, 0.5) is 0 Å². The van der Waals surface area contributed by atoms with Gasteiger partial charge in [-0.3, -0.25) is 14.4 Å². The van der Waals surface area contributed by atoms with Crippen LogP contribution in [-0.2, 0) is 14.4 Å². The highest BCUT2D eigenvalue weighted by Gasteiger charge is 2.67. The molecule has 0 spiro atoms. The van der Waals surface area contributed by atoms with E-state index >= 15 is 0 Å². The highest BCUT2D eigenvalue weighted by atomic mass is 16.3. The van der Waals surface area contributed by atoms with Crippen LogP contribution in [0.2, 0.25) is 0 Å². The summed E-state index contributed by atoms with van der Waals surface area (Å²) in [5.41, 5.74) is 1.36. The van der Waals surface area contributed by atoms with E-state index in [4.69, 9.17) is 0 Å². The van der Waals surface area contributed by atoms with Crippen LogP contribution >= 0.6 is 0 Å². The fourth-order valence-corrected chi connectivity index (χ4v) is 9.58. The summed E-state index contributed by atoms with van der Waals surface area (Å²) in [5.74, 6) is -0.346. The number of Topliss-reactive ketones (excluding diaryl/α,β-unsaturated/α-hetero) is 1. The summed E-state index contributed by atoms with van der Waals surface area (Å²) in [6, 6.07) is 0. The number of amides is 1. The van der Waals surface area contributed by atoms with Gasteiger partial charge in [0.15, 0.2) is 0 Å². The summed E-state index contributed by atoms with van der Waals surface area (Å²) in [5, 5.41) is 10.2. The molecule has 5 aliphatic carbocycles. The van der Waals surface area contributed by atoms with Gasteiger partial charge in [-0.05, 0) is 91.3 Å². The number of ketones is 2. The first-order valence-corrected chi connectivity index (χ1v) is 14.1. The number of aliphatic hydroxyl groups excluding tert-OH is 1. The number of hydrogen-bond donors (Lipinski definition) is 1. The monoisotopic (exact) mass is 507 g/mol. The van der Waals surface area contributed by atoms with Crippen molar-refractivity contribution in [1.29, 1.82) is 0 Å². The molecule has 5 nitrogen and oxygen atoms in total. The van der Waals surface area contributed by atoms with Crippen LogP contribution in [-0.4, -0.2) is 48.2 Å². The topological polar surface area (TPSA) is 74.7 Å². The first-order valence-electron chi connectivity index (χ1n) is 14.1. The van der Waals surface area contributed by atoms with Crippen molar-refractivity contribution >= 4 is 17.5 Å².